The van der Waals surface area contributed by atoms with Gasteiger partial charge in [0.15, 0.2) is 0 Å². The Morgan fingerprint density at radius 2 is 1.41 bits per heavy atom. The van der Waals surface area contributed by atoms with Gasteiger partial charge in [-0.25, -0.2) is 0 Å². The molecule has 0 saturated heterocycles. The Hall–Kier alpha value is -2.54. The van der Waals surface area contributed by atoms with Gasteiger partial charge in [-0.15, -0.1) is 0 Å². The first-order valence-electron chi connectivity index (χ1n) is 7.57. The Morgan fingerprint density at radius 3 is 2.09 bits per heavy atom. The smallest absolute Gasteiger partial charge is 0.119 e. The predicted molar refractivity (Wildman–Crippen MR) is 91.4 cm³/mol. The Bertz CT molecular complexity index is 775. The van der Waals surface area contributed by atoms with E-state index >= 15 is 0 Å². The van der Waals surface area contributed by atoms with Gasteiger partial charge in [0.2, 0.25) is 0 Å². The molecule has 22 heavy (non-hydrogen) atoms. The first kappa shape index (κ1) is 14.4. The van der Waals surface area contributed by atoms with E-state index in [2.05, 4.69) is 44.2 Å². The van der Waals surface area contributed by atoms with Crippen LogP contribution in [0.3, 0.4) is 0 Å². The van der Waals surface area contributed by atoms with Crippen LogP contribution in [0.5, 0.6) is 5.75 Å². The molecule has 0 aliphatic heterocycles. The number of phenolic OH excluding ortho intramolecular Hbond substituents is 1. The second-order valence-corrected chi connectivity index (χ2v) is 5.76. The average Bonchev–Trinajstić information content (AvgIpc) is 2.52. The van der Waals surface area contributed by atoms with Gasteiger partial charge in [-0.1, -0.05) is 72.3 Å². The van der Waals surface area contributed by atoms with Crippen LogP contribution in [0.25, 0.3) is 0 Å². The number of para-hydroxylation sites is 1. The summed E-state index contributed by atoms with van der Waals surface area (Å²) in [5, 5.41) is 10.3. The number of hydrogen-bond donors (Lipinski definition) is 1. The highest BCUT2D eigenvalue weighted by Gasteiger charge is 2.20. The molecule has 1 unspecified atom stereocenters. The molecule has 3 aromatic rings. The van der Waals surface area contributed by atoms with E-state index in [9.17, 15) is 5.11 Å². The lowest BCUT2D eigenvalue weighted by atomic mass is 9.82. The quantitative estimate of drug-likeness (QED) is 0.658. The molecular weight excluding hydrogens is 268 g/mol. The summed E-state index contributed by atoms with van der Waals surface area (Å²) in [5.74, 6) is 0.388. The highest BCUT2D eigenvalue weighted by molar-refractivity contribution is 5.51. The Labute approximate surface area is 131 Å². The van der Waals surface area contributed by atoms with Crippen molar-refractivity contribution >= 4 is 0 Å². The number of aryl methyl sites for hydroxylation is 2. The molecule has 0 heterocycles. The summed E-state index contributed by atoms with van der Waals surface area (Å²) in [5.41, 5.74) is 5.87. The number of aromatic hydroxyl groups is 1. The van der Waals surface area contributed by atoms with Gasteiger partial charge in [-0.2, -0.15) is 0 Å². The van der Waals surface area contributed by atoms with Crippen molar-refractivity contribution in [3.05, 3.63) is 101 Å². The van der Waals surface area contributed by atoms with Crippen LogP contribution in [0.1, 0.15) is 33.7 Å². The van der Waals surface area contributed by atoms with E-state index in [0.29, 0.717) is 5.75 Å². The highest BCUT2D eigenvalue weighted by atomic mass is 16.3. The van der Waals surface area contributed by atoms with E-state index < -0.39 is 0 Å². The molecule has 0 spiro atoms. The van der Waals surface area contributed by atoms with Gasteiger partial charge in [-0.3, -0.25) is 0 Å². The van der Waals surface area contributed by atoms with Crippen LogP contribution >= 0.6 is 0 Å². The van der Waals surface area contributed by atoms with Crippen molar-refractivity contribution in [1.82, 2.24) is 0 Å². The van der Waals surface area contributed by atoms with Crippen molar-refractivity contribution < 1.29 is 5.11 Å². The SMILES string of the molecule is Cc1ccc(C(c2ccccc2)c2ccccc2O)c(C)c1. The first-order chi connectivity index (χ1) is 10.7. The van der Waals surface area contributed by atoms with E-state index in [1.807, 2.05) is 36.4 Å². The number of hydrogen-bond acceptors (Lipinski definition) is 1. The predicted octanol–water partition coefficient (Wildman–Crippen LogP) is 5.19. The second kappa shape index (κ2) is 6.07. The fourth-order valence-electron chi connectivity index (χ4n) is 3.05. The third kappa shape index (κ3) is 2.75. The minimum absolute atomic E-state index is 0.0444. The van der Waals surface area contributed by atoms with Crippen LogP contribution in [-0.4, -0.2) is 5.11 Å². The molecule has 3 rings (SSSR count). The zero-order valence-electron chi connectivity index (χ0n) is 13.0. The third-order valence-electron chi connectivity index (χ3n) is 4.12. The lowest BCUT2D eigenvalue weighted by molar-refractivity contribution is 0.467. The molecule has 0 saturated carbocycles. The van der Waals surface area contributed by atoms with Crippen LogP contribution in [0.2, 0.25) is 0 Å². The van der Waals surface area contributed by atoms with Crippen LogP contribution < -0.4 is 0 Å². The Morgan fingerprint density at radius 1 is 0.727 bits per heavy atom. The van der Waals surface area contributed by atoms with Crippen LogP contribution in [0.15, 0.2) is 72.8 Å². The molecule has 1 atom stereocenters. The molecule has 3 aromatic carbocycles. The minimum atomic E-state index is 0.0444. The summed E-state index contributed by atoms with van der Waals surface area (Å²) < 4.78 is 0. The summed E-state index contributed by atoms with van der Waals surface area (Å²) >= 11 is 0. The number of benzene rings is 3. The zero-order valence-corrected chi connectivity index (χ0v) is 13.0. The molecule has 1 N–H and O–H groups in total. The topological polar surface area (TPSA) is 20.2 Å². The maximum Gasteiger partial charge on any atom is 0.119 e. The van der Waals surface area contributed by atoms with Gasteiger partial charge in [-0.05, 0) is 36.6 Å². The molecule has 0 fully saturated rings. The molecule has 0 aliphatic rings. The Balaban J connectivity index is 2.22. The minimum Gasteiger partial charge on any atom is -0.508 e. The summed E-state index contributed by atoms with van der Waals surface area (Å²) in [6.45, 7) is 4.24. The van der Waals surface area contributed by atoms with Gasteiger partial charge in [0.25, 0.3) is 0 Å². The van der Waals surface area contributed by atoms with Gasteiger partial charge in [0, 0.05) is 11.5 Å². The van der Waals surface area contributed by atoms with E-state index in [0.717, 1.165) is 5.56 Å². The number of rotatable bonds is 3. The molecule has 0 aliphatic carbocycles. The Kier molecular flexibility index (Phi) is 3.97. The van der Waals surface area contributed by atoms with Crippen molar-refractivity contribution in [2.45, 2.75) is 19.8 Å². The second-order valence-electron chi connectivity index (χ2n) is 5.76. The largest absolute Gasteiger partial charge is 0.508 e. The van der Waals surface area contributed by atoms with Crippen molar-refractivity contribution in [2.75, 3.05) is 0 Å². The van der Waals surface area contributed by atoms with Crippen molar-refractivity contribution in [3.8, 4) is 5.75 Å². The van der Waals surface area contributed by atoms with Gasteiger partial charge >= 0.3 is 0 Å². The summed E-state index contributed by atoms with van der Waals surface area (Å²) in [6.07, 6.45) is 0. The number of phenols is 1. The molecule has 1 nitrogen and oxygen atoms in total. The van der Waals surface area contributed by atoms with Gasteiger partial charge in [0.05, 0.1) is 0 Å². The summed E-state index contributed by atoms with van der Waals surface area (Å²) in [6, 6.07) is 24.5. The maximum atomic E-state index is 10.3. The third-order valence-corrected chi connectivity index (χ3v) is 4.12. The lowest BCUT2D eigenvalue weighted by Gasteiger charge is -2.22. The van der Waals surface area contributed by atoms with Gasteiger partial charge in [0.1, 0.15) is 5.75 Å². The van der Waals surface area contributed by atoms with E-state index in [1.54, 1.807) is 6.07 Å². The van der Waals surface area contributed by atoms with Crippen LogP contribution in [0, 0.1) is 13.8 Å². The molecular formula is C21H20O. The molecule has 0 aromatic heterocycles. The molecule has 0 amide bonds. The fraction of sp³-hybridized carbons (Fsp3) is 0.143. The first-order valence-corrected chi connectivity index (χ1v) is 7.57. The van der Waals surface area contributed by atoms with Crippen LogP contribution in [-0.2, 0) is 0 Å². The normalized spacial score (nSPS) is 12.1. The van der Waals surface area contributed by atoms with E-state index in [-0.39, 0.29) is 5.92 Å². The van der Waals surface area contributed by atoms with Crippen molar-refractivity contribution in [2.24, 2.45) is 0 Å². The lowest BCUT2D eigenvalue weighted by Crippen LogP contribution is -2.05. The standard InChI is InChI=1S/C21H20O/c1-15-12-13-18(16(2)14-15)21(17-8-4-3-5-9-17)19-10-6-7-11-20(19)22/h3-14,21-22H,1-2H3. The van der Waals surface area contributed by atoms with Gasteiger partial charge < -0.3 is 5.11 Å². The van der Waals surface area contributed by atoms with E-state index in [4.69, 9.17) is 0 Å². The zero-order chi connectivity index (χ0) is 15.5. The molecule has 0 bridgehead atoms. The van der Waals surface area contributed by atoms with Crippen LogP contribution in [0.4, 0.5) is 0 Å². The van der Waals surface area contributed by atoms with Crippen molar-refractivity contribution in [1.29, 1.82) is 0 Å². The summed E-state index contributed by atoms with van der Waals surface area (Å²) in [7, 11) is 0. The fourth-order valence-corrected chi connectivity index (χ4v) is 3.05. The van der Waals surface area contributed by atoms with Crippen molar-refractivity contribution in [3.63, 3.8) is 0 Å². The molecule has 110 valence electrons. The summed E-state index contributed by atoms with van der Waals surface area (Å²) in [4.78, 5) is 0. The highest BCUT2D eigenvalue weighted by Crippen LogP contribution is 2.37. The monoisotopic (exact) mass is 288 g/mol. The molecule has 1 heteroatoms. The molecule has 0 radical (unpaired) electrons. The average molecular weight is 288 g/mol. The van der Waals surface area contributed by atoms with E-state index in [1.165, 1.54) is 22.3 Å². The maximum absolute atomic E-state index is 10.3.